The summed E-state index contributed by atoms with van der Waals surface area (Å²) in [5.74, 6) is 0.160. The molecule has 0 fully saturated rings. The second-order valence-corrected chi connectivity index (χ2v) is 4.73. The molecule has 1 aromatic heterocycles. The number of amidine groups is 1. The van der Waals surface area contributed by atoms with Gasteiger partial charge in [0.1, 0.15) is 5.84 Å². The Bertz CT molecular complexity index is 499. The minimum absolute atomic E-state index is 0.160. The van der Waals surface area contributed by atoms with E-state index in [1.54, 1.807) is 11.3 Å². The number of nitrogens with one attached hydrogen (secondary N) is 1. The van der Waals surface area contributed by atoms with Crippen LogP contribution in [0.1, 0.15) is 23.8 Å². The van der Waals surface area contributed by atoms with Gasteiger partial charge in [0.15, 0.2) is 0 Å². The molecule has 0 radical (unpaired) electrons. The number of rotatable bonds is 3. The summed E-state index contributed by atoms with van der Waals surface area (Å²) < 4.78 is 1.21. The minimum Gasteiger partial charge on any atom is -0.383 e. The van der Waals surface area contributed by atoms with Crippen LogP contribution in [0, 0.1) is 5.41 Å². The van der Waals surface area contributed by atoms with Crippen molar-refractivity contribution in [1.29, 1.82) is 5.41 Å². The predicted molar refractivity (Wildman–Crippen MR) is 66.8 cm³/mol. The van der Waals surface area contributed by atoms with E-state index in [0.29, 0.717) is 0 Å². The van der Waals surface area contributed by atoms with Gasteiger partial charge < -0.3 is 5.73 Å². The molecule has 3 N–H and O–H groups in total. The molecule has 0 atom stereocenters. The van der Waals surface area contributed by atoms with E-state index in [2.05, 4.69) is 25.1 Å². The van der Waals surface area contributed by atoms with Crippen LogP contribution in [0.15, 0.2) is 24.3 Å². The number of thiophene rings is 1. The number of nitrogens with two attached hydrogens (primary N) is 1. The third kappa shape index (κ3) is 2.02. The average molecular weight is 218 g/mol. The maximum atomic E-state index is 7.39. The van der Waals surface area contributed by atoms with Gasteiger partial charge in [-0.1, -0.05) is 25.5 Å². The molecule has 0 spiro atoms. The van der Waals surface area contributed by atoms with E-state index < -0.39 is 0 Å². The molecule has 0 amide bonds. The number of hydrogen-bond acceptors (Lipinski definition) is 2. The summed E-state index contributed by atoms with van der Waals surface area (Å²) in [5.41, 5.74) is 6.83. The highest BCUT2D eigenvalue weighted by Crippen LogP contribution is 2.26. The molecule has 0 bridgehead atoms. The third-order valence-corrected chi connectivity index (χ3v) is 3.53. The summed E-state index contributed by atoms with van der Waals surface area (Å²) in [6, 6.07) is 8.48. The van der Waals surface area contributed by atoms with E-state index in [0.717, 1.165) is 17.7 Å². The van der Waals surface area contributed by atoms with Crippen LogP contribution >= 0.6 is 11.3 Å². The molecule has 3 heteroatoms. The molecule has 15 heavy (non-hydrogen) atoms. The topological polar surface area (TPSA) is 49.9 Å². The quantitative estimate of drug-likeness (QED) is 0.603. The van der Waals surface area contributed by atoms with Crippen LogP contribution in [-0.4, -0.2) is 5.84 Å². The van der Waals surface area contributed by atoms with Crippen molar-refractivity contribution in [2.24, 2.45) is 5.73 Å². The fraction of sp³-hybridized carbons (Fsp3) is 0.250. The summed E-state index contributed by atoms with van der Waals surface area (Å²) in [6.45, 7) is 2.18. The smallest absolute Gasteiger partial charge is 0.133 e. The van der Waals surface area contributed by atoms with E-state index >= 15 is 0 Å². The van der Waals surface area contributed by atoms with Crippen molar-refractivity contribution in [2.45, 2.75) is 19.8 Å². The van der Waals surface area contributed by atoms with Crippen molar-refractivity contribution in [3.63, 3.8) is 0 Å². The van der Waals surface area contributed by atoms with Gasteiger partial charge in [0.2, 0.25) is 0 Å². The van der Waals surface area contributed by atoms with Gasteiger partial charge in [-0.2, -0.15) is 0 Å². The number of aryl methyl sites for hydroxylation is 1. The fourth-order valence-electron chi connectivity index (χ4n) is 1.67. The molecule has 0 aliphatic carbocycles. The Labute approximate surface area is 93.2 Å². The zero-order chi connectivity index (χ0) is 10.8. The number of fused-ring (bicyclic) bond motifs is 1. The minimum atomic E-state index is 0.160. The van der Waals surface area contributed by atoms with Gasteiger partial charge in [-0.25, -0.2) is 0 Å². The van der Waals surface area contributed by atoms with Crippen LogP contribution in [-0.2, 0) is 6.42 Å². The molecular formula is C12H14N2S. The molecule has 0 saturated heterocycles. The predicted octanol–water partition coefficient (Wildman–Crippen LogP) is 3.14. The second kappa shape index (κ2) is 4.03. The monoisotopic (exact) mass is 218 g/mol. The Balaban J connectivity index is 2.47. The zero-order valence-corrected chi connectivity index (χ0v) is 9.53. The van der Waals surface area contributed by atoms with Crippen LogP contribution in [0.3, 0.4) is 0 Å². The van der Waals surface area contributed by atoms with Gasteiger partial charge in [0.25, 0.3) is 0 Å². The van der Waals surface area contributed by atoms with Crippen LogP contribution in [0.5, 0.6) is 0 Å². The Morgan fingerprint density at radius 1 is 1.40 bits per heavy atom. The molecule has 0 aliphatic heterocycles. The molecular weight excluding hydrogens is 204 g/mol. The first-order chi connectivity index (χ1) is 7.20. The Morgan fingerprint density at radius 3 is 2.87 bits per heavy atom. The zero-order valence-electron chi connectivity index (χ0n) is 8.71. The van der Waals surface area contributed by atoms with Crippen molar-refractivity contribution >= 4 is 27.3 Å². The maximum Gasteiger partial charge on any atom is 0.133 e. The maximum absolute atomic E-state index is 7.39. The SMILES string of the molecule is CCCc1ccc2sc(C(=N)N)cc2c1. The summed E-state index contributed by atoms with van der Waals surface area (Å²) in [6.07, 6.45) is 2.27. The second-order valence-electron chi connectivity index (χ2n) is 3.65. The summed E-state index contributed by atoms with van der Waals surface area (Å²) in [5, 5.41) is 8.60. The standard InChI is InChI=1S/C12H14N2S/c1-2-3-8-4-5-10-9(6-8)7-11(15-10)12(13)14/h4-7H,2-3H2,1H3,(H3,13,14). The first-order valence-electron chi connectivity index (χ1n) is 5.07. The summed E-state index contributed by atoms with van der Waals surface area (Å²) in [4.78, 5) is 0.860. The summed E-state index contributed by atoms with van der Waals surface area (Å²) >= 11 is 1.58. The number of hydrogen-bond donors (Lipinski definition) is 2. The van der Waals surface area contributed by atoms with Crippen molar-refractivity contribution in [3.05, 3.63) is 34.7 Å². The molecule has 1 aromatic carbocycles. The number of nitrogen functional groups attached to an aromatic ring is 1. The first-order valence-corrected chi connectivity index (χ1v) is 5.89. The van der Waals surface area contributed by atoms with Gasteiger partial charge in [0.05, 0.1) is 4.88 Å². The van der Waals surface area contributed by atoms with Crippen molar-refractivity contribution in [1.82, 2.24) is 0 Å². The van der Waals surface area contributed by atoms with Gasteiger partial charge in [0, 0.05) is 4.70 Å². The molecule has 2 aromatic rings. The highest BCUT2D eigenvalue weighted by Gasteiger charge is 2.04. The van der Waals surface area contributed by atoms with E-state index in [4.69, 9.17) is 11.1 Å². The number of benzene rings is 1. The van der Waals surface area contributed by atoms with Crippen LogP contribution < -0.4 is 5.73 Å². The van der Waals surface area contributed by atoms with E-state index in [1.807, 2.05) is 6.07 Å². The first kappa shape index (κ1) is 10.2. The largest absolute Gasteiger partial charge is 0.383 e. The van der Waals surface area contributed by atoms with Gasteiger partial charge in [-0.3, -0.25) is 5.41 Å². The van der Waals surface area contributed by atoms with Crippen molar-refractivity contribution in [3.8, 4) is 0 Å². The molecule has 78 valence electrons. The lowest BCUT2D eigenvalue weighted by Gasteiger charge is -1.97. The van der Waals surface area contributed by atoms with Crippen LogP contribution in [0.2, 0.25) is 0 Å². The van der Waals surface area contributed by atoms with E-state index in [-0.39, 0.29) is 5.84 Å². The van der Waals surface area contributed by atoms with Gasteiger partial charge in [-0.15, -0.1) is 11.3 Å². The molecule has 2 nitrogen and oxygen atoms in total. The van der Waals surface area contributed by atoms with Gasteiger partial charge >= 0.3 is 0 Å². The molecule has 1 heterocycles. The molecule has 0 saturated carbocycles. The Morgan fingerprint density at radius 2 is 2.20 bits per heavy atom. The lowest BCUT2D eigenvalue weighted by atomic mass is 10.1. The van der Waals surface area contributed by atoms with Gasteiger partial charge in [-0.05, 0) is 29.5 Å². The van der Waals surface area contributed by atoms with Crippen LogP contribution in [0.25, 0.3) is 10.1 Å². The fourth-order valence-corrected chi connectivity index (χ4v) is 2.57. The van der Waals surface area contributed by atoms with E-state index in [9.17, 15) is 0 Å². The average Bonchev–Trinajstić information content (AvgIpc) is 2.61. The third-order valence-electron chi connectivity index (χ3n) is 2.38. The summed E-state index contributed by atoms with van der Waals surface area (Å²) in [7, 11) is 0. The Hall–Kier alpha value is -1.35. The normalized spacial score (nSPS) is 10.7. The molecule has 0 aliphatic rings. The molecule has 2 rings (SSSR count). The highest BCUT2D eigenvalue weighted by atomic mass is 32.1. The van der Waals surface area contributed by atoms with Crippen molar-refractivity contribution in [2.75, 3.05) is 0 Å². The highest BCUT2D eigenvalue weighted by molar-refractivity contribution is 7.20. The van der Waals surface area contributed by atoms with Crippen molar-refractivity contribution < 1.29 is 0 Å². The lowest BCUT2D eigenvalue weighted by Crippen LogP contribution is -2.08. The molecule has 0 unspecified atom stereocenters. The lowest BCUT2D eigenvalue weighted by molar-refractivity contribution is 0.924. The van der Waals surface area contributed by atoms with E-state index in [1.165, 1.54) is 15.6 Å². The van der Waals surface area contributed by atoms with Crippen LogP contribution in [0.4, 0.5) is 0 Å². The Kier molecular flexibility index (Phi) is 2.73.